The van der Waals surface area contributed by atoms with Crippen LogP contribution in [0.1, 0.15) is 72.1 Å². The fourth-order valence-corrected chi connectivity index (χ4v) is 1.89. The lowest BCUT2D eigenvalue weighted by molar-refractivity contribution is -0.0320. The number of rotatable bonds is 11. The highest BCUT2D eigenvalue weighted by Gasteiger charge is 2.11. The Labute approximate surface area is 101 Å². The molecule has 0 bridgehead atoms. The molecule has 2 unspecified atom stereocenters. The standard InChI is InChI=1S/C14H30O2/c1-4-6-7-8-9-10-11-12-16-14(5-2)13(3)15/h13-15H,4-12H2,1-3H3. The Hall–Kier alpha value is -0.0800. The maximum atomic E-state index is 9.39. The maximum absolute atomic E-state index is 9.39. The summed E-state index contributed by atoms with van der Waals surface area (Å²) in [5.74, 6) is 0. The van der Waals surface area contributed by atoms with Gasteiger partial charge in [-0.25, -0.2) is 0 Å². The highest BCUT2D eigenvalue weighted by molar-refractivity contribution is 4.61. The fourth-order valence-electron chi connectivity index (χ4n) is 1.89. The Balaban J connectivity index is 3.19. The first-order chi connectivity index (χ1) is 7.72. The summed E-state index contributed by atoms with van der Waals surface area (Å²) in [6.07, 6.45) is 9.74. The minimum Gasteiger partial charge on any atom is -0.391 e. The summed E-state index contributed by atoms with van der Waals surface area (Å²) in [5, 5.41) is 9.39. The summed E-state index contributed by atoms with van der Waals surface area (Å²) in [7, 11) is 0. The molecular formula is C14H30O2. The number of aliphatic hydroxyl groups is 1. The van der Waals surface area contributed by atoms with E-state index in [-0.39, 0.29) is 12.2 Å². The topological polar surface area (TPSA) is 29.5 Å². The van der Waals surface area contributed by atoms with Gasteiger partial charge in [0.05, 0.1) is 12.2 Å². The van der Waals surface area contributed by atoms with E-state index in [4.69, 9.17) is 4.74 Å². The molecule has 0 aromatic carbocycles. The molecule has 1 N–H and O–H groups in total. The van der Waals surface area contributed by atoms with Crippen LogP contribution in [0.5, 0.6) is 0 Å². The SMILES string of the molecule is CCCCCCCCCOC(CC)C(C)O. The molecule has 0 spiro atoms. The first kappa shape index (κ1) is 15.9. The van der Waals surface area contributed by atoms with Crippen LogP contribution >= 0.6 is 0 Å². The van der Waals surface area contributed by atoms with Crippen molar-refractivity contribution < 1.29 is 9.84 Å². The number of aliphatic hydroxyl groups excluding tert-OH is 1. The van der Waals surface area contributed by atoms with E-state index in [0.29, 0.717) is 0 Å². The molecule has 0 aliphatic rings. The minimum absolute atomic E-state index is 0.0279. The van der Waals surface area contributed by atoms with E-state index in [1.54, 1.807) is 6.92 Å². The molecule has 16 heavy (non-hydrogen) atoms. The number of hydrogen-bond acceptors (Lipinski definition) is 2. The van der Waals surface area contributed by atoms with E-state index in [0.717, 1.165) is 19.4 Å². The Morgan fingerprint density at radius 3 is 2.00 bits per heavy atom. The van der Waals surface area contributed by atoms with Crippen molar-refractivity contribution in [1.82, 2.24) is 0 Å². The molecule has 0 aromatic rings. The number of hydrogen-bond donors (Lipinski definition) is 1. The summed E-state index contributed by atoms with van der Waals surface area (Å²) in [6, 6.07) is 0. The van der Waals surface area contributed by atoms with Crippen molar-refractivity contribution in [1.29, 1.82) is 0 Å². The van der Waals surface area contributed by atoms with Gasteiger partial charge in [-0.3, -0.25) is 0 Å². The van der Waals surface area contributed by atoms with Crippen molar-refractivity contribution in [3.05, 3.63) is 0 Å². The van der Waals surface area contributed by atoms with Crippen molar-refractivity contribution in [2.45, 2.75) is 84.3 Å². The first-order valence-corrected chi connectivity index (χ1v) is 7.02. The van der Waals surface area contributed by atoms with Crippen molar-refractivity contribution in [3.8, 4) is 0 Å². The molecule has 0 saturated heterocycles. The Kier molecular flexibility index (Phi) is 11.3. The zero-order valence-electron chi connectivity index (χ0n) is 11.4. The Morgan fingerprint density at radius 1 is 0.938 bits per heavy atom. The molecule has 0 aliphatic carbocycles. The van der Waals surface area contributed by atoms with Crippen molar-refractivity contribution in [2.75, 3.05) is 6.61 Å². The zero-order chi connectivity index (χ0) is 12.2. The molecule has 0 amide bonds. The van der Waals surface area contributed by atoms with Crippen molar-refractivity contribution >= 4 is 0 Å². The van der Waals surface area contributed by atoms with Gasteiger partial charge in [0.15, 0.2) is 0 Å². The second kappa shape index (κ2) is 11.4. The average Bonchev–Trinajstić information content (AvgIpc) is 2.26. The number of unbranched alkanes of at least 4 members (excludes halogenated alkanes) is 6. The molecule has 0 heterocycles. The van der Waals surface area contributed by atoms with Gasteiger partial charge in [0.25, 0.3) is 0 Å². The monoisotopic (exact) mass is 230 g/mol. The van der Waals surface area contributed by atoms with Gasteiger partial charge in [0.1, 0.15) is 0 Å². The van der Waals surface area contributed by atoms with Crippen LogP contribution in [0.4, 0.5) is 0 Å². The lowest BCUT2D eigenvalue weighted by Crippen LogP contribution is -2.25. The lowest BCUT2D eigenvalue weighted by Gasteiger charge is -2.18. The molecule has 0 saturated carbocycles. The first-order valence-electron chi connectivity index (χ1n) is 7.02. The van der Waals surface area contributed by atoms with Crippen LogP contribution in [-0.4, -0.2) is 23.9 Å². The van der Waals surface area contributed by atoms with Gasteiger partial charge in [0, 0.05) is 6.61 Å². The highest BCUT2D eigenvalue weighted by Crippen LogP contribution is 2.09. The van der Waals surface area contributed by atoms with Crippen LogP contribution in [0.2, 0.25) is 0 Å². The quantitative estimate of drug-likeness (QED) is 0.545. The molecule has 0 fully saturated rings. The molecule has 0 radical (unpaired) electrons. The lowest BCUT2D eigenvalue weighted by atomic mass is 10.1. The second-order valence-corrected chi connectivity index (χ2v) is 4.68. The van der Waals surface area contributed by atoms with Crippen LogP contribution < -0.4 is 0 Å². The molecule has 0 rings (SSSR count). The second-order valence-electron chi connectivity index (χ2n) is 4.68. The smallest absolute Gasteiger partial charge is 0.0828 e. The normalized spacial score (nSPS) is 15.0. The van der Waals surface area contributed by atoms with Crippen molar-refractivity contribution in [3.63, 3.8) is 0 Å². The Morgan fingerprint density at radius 2 is 1.50 bits per heavy atom. The third-order valence-corrected chi connectivity index (χ3v) is 3.02. The predicted molar refractivity (Wildman–Crippen MR) is 69.7 cm³/mol. The molecule has 98 valence electrons. The van der Waals surface area contributed by atoms with E-state index < -0.39 is 0 Å². The summed E-state index contributed by atoms with van der Waals surface area (Å²) in [4.78, 5) is 0. The Bertz CT molecular complexity index is 135. The maximum Gasteiger partial charge on any atom is 0.0828 e. The van der Waals surface area contributed by atoms with Gasteiger partial charge in [0.2, 0.25) is 0 Å². The van der Waals surface area contributed by atoms with Crippen LogP contribution in [0.25, 0.3) is 0 Å². The largest absolute Gasteiger partial charge is 0.391 e. The van der Waals surface area contributed by atoms with Crippen LogP contribution in [0, 0.1) is 0 Å². The van der Waals surface area contributed by atoms with Crippen LogP contribution in [-0.2, 0) is 4.74 Å². The summed E-state index contributed by atoms with van der Waals surface area (Å²) < 4.78 is 5.63. The van der Waals surface area contributed by atoms with Crippen LogP contribution in [0.15, 0.2) is 0 Å². The fraction of sp³-hybridized carbons (Fsp3) is 1.00. The van der Waals surface area contributed by atoms with Gasteiger partial charge in [-0.2, -0.15) is 0 Å². The van der Waals surface area contributed by atoms with E-state index in [2.05, 4.69) is 13.8 Å². The van der Waals surface area contributed by atoms with E-state index in [1.807, 2.05) is 0 Å². The van der Waals surface area contributed by atoms with E-state index in [1.165, 1.54) is 38.5 Å². The molecule has 0 aliphatic heterocycles. The molecule has 2 nitrogen and oxygen atoms in total. The van der Waals surface area contributed by atoms with Gasteiger partial charge in [-0.1, -0.05) is 52.4 Å². The zero-order valence-corrected chi connectivity index (χ0v) is 11.4. The predicted octanol–water partition coefficient (Wildman–Crippen LogP) is 3.91. The molecule has 0 aromatic heterocycles. The summed E-state index contributed by atoms with van der Waals surface area (Å²) in [5.41, 5.74) is 0. The van der Waals surface area contributed by atoms with Gasteiger partial charge in [-0.05, 0) is 19.8 Å². The van der Waals surface area contributed by atoms with Crippen molar-refractivity contribution in [2.24, 2.45) is 0 Å². The highest BCUT2D eigenvalue weighted by atomic mass is 16.5. The molecular weight excluding hydrogens is 200 g/mol. The van der Waals surface area contributed by atoms with Crippen LogP contribution in [0.3, 0.4) is 0 Å². The van der Waals surface area contributed by atoms with E-state index >= 15 is 0 Å². The van der Waals surface area contributed by atoms with Gasteiger partial charge < -0.3 is 9.84 Å². The van der Waals surface area contributed by atoms with Gasteiger partial charge in [-0.15, -0.1) is 0 Å². The molecule has 2 atom stereocenters. The summed E-state index contributed by atoms with van der Waals surface area (Å²) >= 11 is 0. The molecule has 2 heteroatoms. The summed E-state index contributed by atoms with van der Waals surface area (Å²) in [6.45, 7) is 6.91. The third kappa shape index (κ3) is 9.17. The third-order valence-electron chi connectivity index (χ3n) is 3.02. The number of ether oxygens (including phenoxy) is 1. The minimum atomic E-state index is -0.338. The van der Waals surface area contributed by atoms with Gasteiger partial charge >= 0.3 is 0 Å². The van der Waals surface area contributed by atoms with E-state index in [9.17, 15) is 5.11 Å². The average molecular weight is 230 g/mol.